The molecule has 3 nitrogen and oxygen atoms in total. The molecule has 1 N–H and O–H groups in total. The molecule has 0 saturated heterocycles. The van der Waals surface area contributed by atoms with Crippen molar-refractivity contribution in [2.24, 2.45) is 0 Å². The SMILES string of the molecule is Cc1cccc(OCCNc2ccc(C#N)c(Br)c2)c1. The number of anilines is 1. The topological polar surface area (TPSA) is 45.0 Å². The minimum Gasteiger partial charge on any atom is -0.492 e. The molecular weight excluding hydrogens is 316 g/mol. The summed E-state index contributed by atoms with van der Waals surface area (Å²) >= 11 is 3.37. The second-order valence-electron chi connectivity index (χ2n) is 4.40. The zero-order chi connectivity index (χ0) is 14.4. The Morgan fingerprint density at radius 3 is 2.80 bits per heavy atom. The molecule has 2 rings (SSSR count). The smallest absolute Gasteiger partial charge is 0.119 e. The highest BCUT2D eigenvalue weighted by Gasteiger charge is 2.00. The lowest BCUT2D eigenvalue weighted by Crippen LogP contribution is -2.11. The summed E-state index contributed by atoms with van der Waals surface area (Å²) in [5.41, 5.74) is 2.78. The zero-order valence-electron chi connectivity index (χ0n) is 11.2. The summed E-state index contributed by atoms with van der Waals surface area (Å²) in [5.74, 6) is 0.882. The van der Waals surface area contributed by atoms with Crippen LogP contribution in [-0.2, 0) is 0 Å². The lowest BCUT2D eigenvalue weighted by atomic mass is 10.2. The number of hydrogen-bond acceptors (Lipinski definition) is 3. The Kier molecular flexibility index (Phi) is 5.03. The predicted octanol–water partition coefficient (Wildman–Crippen LogP) is 4.12. The maximum atomic E-state index is 8.85. The molecule has 2 aromatic rings. The Labute approximate surface area is 127 Å². The molecule has 0 radical (unpaired) electrons. The van der Waals surface area contributed by atoms with Crippen LogP contribution in [0.1, 0.15) is 11.1 Å². The molecular formula is C16H15BrN2O. The monoisotopic (exact) mass is 330 g/mol. The number of nitrogens with one attached hydrogen (secondary N) is 1. The number of nitrogens with zero attached hydrogens (tertiary/aromatic N) is 1. The van der Waals surface area contributed by atoms with Crippen LogP contribution in [0.3, 0.4) is 0 Å². The normalized spacial score (nSPS) is 9.85. The van der Waals surface area contributed by atoms with E-state index in [0.29, 0.717) is 18.7 Å². The summed E-state index contributed by atoms with van der Waals surface area (Å²) in [6.45, 7) is 3.33. The molecule has 0 fully saturated rings. The first kappa shape index (κ1) is 14.4. The van der Waals surface area contributed by atoms with E-state index in [2.05, 4.69) is 27.3 Å². The van der Waals surface area contributed by atoms with Gasteiger partial charge in [-0.15, -0.1) is 0 Å². The fraction of sp³-hybridized carbons (Fsp3) is 0.188. The fourth-order valence-corrected chi connectivity index (χ4v) is 2.25. The second-order valence-corrected chi connectivity index (χ2v) is 5.25. The van der Waals surface area contributed by atoms with E-state index >= 15 is 0 Å². The predicted molar refractivity (Wildman–Crippen MR) is 84.0 cm³/mol. The number of nitriles is 1. The van der Waals surface area contributed by atoms with Gasteiger partial charge in [0.1, 0.15) is 18.4 Å². The van der Waals surface area contributed by atoms with Crippen LogP contribution in [0.25, 0.3) is 0 Å². The van der Waals surface area contributed by atoms with Gasteiger partial charge in [-0.1, -0.05) is 12.1 Å². The Morgan fingerprint density at radius 2 is 2.10 bits per heavy atom. The molecule has 0 bridgehead atoms. The standard InChI is InChI=1S/C16H15BrN2O/c1-12-3-2-4-15(9-12)20-8-7-19-14-6-5-13(11-18)16(17)10-14/h2-6,9-10,19H,7-8H2,1H3. The van der Waals surface area contributed by atoms with Crippen molar-refractivity contribution in [3.8, 4) is 11.8 Å². The van der Waals surface area contributed by atoms with Gasteiger partial charge in [0, 0.05) is 16.7 Å². The van der Waals surface area contributed by atoms with Crippen LogP contribution in [-0.4, -0.2) is 13.2 Å². The molecule has 0 heterocycles. The van der Waals surface area contributed by atoms with Crippen molar-refractivity contribution in [1.82, 2.24) is 0 Å². The van der Waals surface area contributed by atoms with Gasteiger partial charge < -0.3 is 10.1 Å². The van der Waals surface area contributed by atoms with Crippen molar-refractivity contribution >= 4 is 21.6 Å². The highest BCUT2D eigenvalue weighted by atomic mass is 79.9. The Morgan fingerprint density at radius 1 is 1.25 bits per heavy atom. The molecule has 2 aromatic carbocycles. The molecule has 0 aromatic heterocycles. The van der Waals surface area contributed by atoms with Crippen LogP contribution in [0.2, 0.25) is 0 Å². The van der Waals surface area contributed by atoms with E-state index in [9.17, 15) is 0 Å². The third-order valence-electron chi connectivity index (χ3n) is 2.78. The first-order valence-electron chi connectivity index (χ1n) is 6.32. The van der Waals surface area contributed by atoms with Crippen LogP contribution in [0.5, 0.6) is 5.75 Å². The average molecular weight is 331 g/mol. The molecule has 0 amide bonds. The van der Waals surface area contributed by atoms with Crippen LogP contribution in [0.15, 0.2) is 46.9 Å². The van der Waals surface area contributed by atoms with Crippen LogP contribution >= 0.6 is 15.9 Å². The molecule has 0 spiro atoms. The number of hydrogen-bond donors (Lipinski definition) is 1. The molecule has 20 heavy (non-hydrogen) atoms. The molecule has 102 valence electrons. The number of aryl methyl sites for hydroxylation is 1. The molecule has 0 aliphatic rings. The summed E-state index contributed by atoms with van der Waals surface area (Å²) < 4.78 is 6.45. The van der Waals surface area contributed by atoms with Gasteiger partial charge in [-0.25, -0.2) is 0 Å². The zero-order valence-corrected chi connectivity index (χ0v) is 12.8. The summed E-state index contributed by atoms with van der Waals surface area (Å²) in [4.78, 5) is 0. The van der Waals surface area contributed by atoms with Gasteiger partial charge in [0.05, 0.1) is 5.56 Å². The highest BCUT2D eigenvalue weighted by Crippen LogP contribution is 2.20. The van der Waals surface area contributed by atoms with E-state index in [1.165, 1.54) is 5.56 Å². The van der Waals surface area contributed by atoms with Gasteiger partial charge >= 0.3 is 0 Å². The maximum absolute atomic E-state index is 8.85. The lowest BCUT2D eigenvalue weighted by Gasteiger charge is -2.09. The van der Waals surface area contributed by atoms with E-state index in [1.54, 1.807) is 6.07 Å². The number of benzene rings is 2. The van der Waals surface area contributed by atoms with E-state index in [1.807, 2.05) is 43.3 Å². The Balaban J connectivity index is 1.82. The van der Waals surface area contributed by atoms with E-state index in [4.69, 9.17) is 10.00 Å². The van der Waals surface area contributed by atoms with Crippen LogP contribution < -0.4 is 10.1 Å². The molecule has 4 heteroatoms. The second kappa shape index (κ2) is 6.97. The van der Waals surface area contributed by atoms with Crippen molar-refractivity contribution in [3.05, 3.63) is 58.1 Å². The lowest BCUT2D eigenvalue weighted by molar-refractivity contribution is 0.332. The Bertz CT molecular complexity index is 635. The van der Waals surface area contributed by atoms with Crippen molar-refractivity contribution in [3.63, 3.8) is 0 Å². The van der Waals surface area contributed by atoms with Gasteiger partial charge in [-0.05, 0) is 58.7 Å². The van der Waals surface area contributed by atoms with E-state index in [0.717, 1.165) is 15.9 Å². The van der Waals surface area contributed by atoms with Crippen LogP contribution in [0.4, 0.5) is 5.69 Å². The summed E-state index contributed by atoms with van der Waals surface area (Å²) in [7, 11) is 0. The number of halogens is 1. The third kappa shape index (κ3) is 4.01. The molecule has 0 unspecified atom stereocenters. The third-order valence-corrected chi connectivity index (χ3v) is 3.44. The first-order chi connectivity index (χ1) is 9.69. The minimum absolute atomic E-state index is 0.584. The number of ether oxygens (including phenoxy) is 1. The molecule has 0 aliphatic carbocycles. The molecule has 0 saturated carbocycles. The van der Waals surface area contributed by atoms with Crippen molar-refractivity contribution in [1.29, 1.82) is 5.26 Å². The molecule has 0 aliphatic heterocycles. The van der Waals surface area contributed by atoms with Gasteiger partial charge in [0.15, 0.2) is 0 Å². The van der Waals surface area contributed by atoms with Crippen molar-refractivity contribution in [2.45, 2.75) is 6.92 Å². The van der Waals surface area contributed by atoms with Gasteiger partial charge in [-0.3, -0.25) is 0 Å². The van der Waals surface area contributed by atoms with E-state index < -0.39 is 0 Å². The minimum atomic E-state index is 0.584. The quantitative estimate of drug-likeness (QED) is 0.838. The van der Waals surface area contributed by atoms with Gasteiger partial charge in [0.2, 0.25) is 0 Å². The fourth-order valence-electron chi connectivity index (χ4n) is 1.79. The van der Waals surface area contributed by atoms with Crippen molar-refractivity contribution in [2.75, 3.05) is 18.5 Å². The van der Waals surface area contributed by atoms with E-state index in [-0.39, 0.29) is 0 Å². The molecule has 0 atom stereocenters. The maximum Gasteiger partial charge on any atom is 0.119 e. The highest BCUT2D eigenvalue weighted by molar-refractivity contribution is 9.10. The summed E-state index contributed by atoms with van der Waals surface area (Å²) in [6, 6.07) is 15.7. The number of rotatable bonds is 5. The average Bonchev–Trinajstić information content (AvgIpc) is 2.44. The summed E-state index contributed by atoms with van der Waals surface area (Å²) in [5, 5.41) is 12.1. The van der Waals surface area contributed by atoms with Crippen molar-refractivity contribution < 1.29 is 4.74 Å². The summed E-state index contributed by atoms with van der Waals surface area (Å²) in [6.07, 6.45) is 0. The van der Waals surface area contributed by atoms with Crippen LogP contribution in [0, 0.1) is 18.3 Å². The first-order valence-corrected chi connectivity index (χ1v) is 7.11. The van der Waals surface area contributed by atoms with Gasteiger partial charge in [0.25, 0.3) is 0 Å². The largest absolute Gasteiger partial charge is 0.492 e. The van der Waals surface area contributed by atoms with Gasteiger partial charge in [-0.2, -0.15) is 5.26 Å². The Hall–Kier alpha value is -1.99.